The molecule has 0 spiro atoms. The molecule has 1 rings (SSSR count). The van der Waals surface area contributed by atoms with Gasteiger partial charge in [0.2, 0.25) is 0 Å². The molecule has 1 aromatic rings. The summed E-state index contributed by atoms with van der Waals surface area (Å²) in [5.74, 6) is 0.262. The van der Waals surface area contributed by atoms with Crippen LogP contribution in [-0.2, 0) is 4.74 Å². The summed E-state index contributed by atoms with van der Waals surface area (Å²) in [5.41, 5.74) is 0.474. The van der Waals surface area contributed by atoms with Crippen molar-refractivity contribution in [3.63, 3.8) is 0 Å². The van der Waals surface area contributed by atoms with E-state index < -0.39 is 0 Å². The molecule has 88 valence electrons. The number of ether oxygens (including phenoxy) is 1. The van der Waals surface area contributed by atoms with Crippen molar-refractivity contribution in [2.24, 2.45) is 0 Å². The lowest BCUT2D eigenvalue weighted by Gasteiger charge is -2.06. The van der Waals surface area contributed by atoms with Crippen molar-refractivity contribution in [3.8, 4) is 0 Å². The predicted molar refractivity (Wildman–Crippen MR) is 65.3 cm³/mol. The number of amides is 1. The molecule has 0 saturated heterocycles. The first-order valence-electron chi connectivity index (χ1n) is 4.92. The van der Waals surface area contributed by atoms with Crippen molar-refractivity contribution in [1.29, 1.82) is 0 Å². The van der Waals surface area contributed by atoms with Crippen molar-refractivity contribution in [2.75, 3.05) is 25.6 Å². The molecule has 0 atom stereocenters. The molecule has 1 amide bonds. The van der Waals surface area contributed by atoms with Gasteiger partial charge in [-0.3, -0.25) is 4.79 Å². The SMILES string of the molecule is O=C(NCCOCCCl)c1ccccc1Cl. The van der Waals surface area contributed by atoms with E-state index >= 15 is 0 Å². The summed E-state index contributed by atoms with van der Waals surface area (Å²) in [6.45, 7) is 1.38. The predicted octanol–water partition coefficient (Wildman–Crippen LogP) is 2.33. The van der Waals surface area contributed by atoms with Gasteiger partial charge < -0.3 is 10.1 Å². The molecule has 0 radical (unpaired) electrons. The number of carbonyl (C=O) groups excluding carboxylic acids is 1. The van der Waals surface area contributed by atoms with E-state index in [1.165, 1.54) is 0 Å². The molecule has 16 heavy (non-hydrogen) atoms. The second-order valence-electron chi connectivity index (χ2n) is 3.04. The monoisotopic (exact) mass is 261 g/mol. The van der Waals surface area contributed by atoms with Gasteiger partial charge in [-0.15, -0.1) is 11.6 Å². The van der Waals surface area contributed by atoms with Crippen molar-refractivity contribution in [3.05, 3.63) is 34.9 Å². The highest BCUT2D eigenvalue weighted by Crippen LogP contribution is 2.14. The lowest BCUT2D eigenvalue weighted by atomic mass is 10.2. The van der Waals surface area contributed by atoms with Crippen molar-refractivity contribution in [2.45, 2.75) is 0 Å². The van der Waals surface area contributed by atoms with E-state index in [1.807, 2.05) is 0 Å². The first-order valence-corrected chi connectivity index (χ1v) is 5.83. The van der Waals surface area contributed by atoms with Gasteiger partial charge >= 0.3 is 0 Å². The zero-order valence-corrected chi connectivity index (χ0v) is 10.2. The first kappa shape index (κ1) is 13.3. The van der Waals surface area contributed by atoms with Crippen LogP contribution in [0, 0.1) is 0 Å². The maximum Gasteiger partial charge on any atom is 0.252 e. The highest BCUT2D eigenvalue weighted by Gasteiger charge is 2.07. The zero-order valence-electron chi connectivity index (χ0n) is 8.71. The summed E-state index contributed by atoms with van der Waals surface area (Å²) in [5, 5.41) is 3.15. The Hall–Kier alpha value is -0.770. The number of carbonyl (C=O) groups is 1. The van der Waals surface area contributed by atoms with Gasteiger partial charge in [-0.2, -0.15) is 0 Å². The van der Waals surface area contributed by atoms with Crippen molar-refractivity contribution < 1.29 is 9.53 Å². The summed E-state index contributed by atoms with van der Waals surface area (Å²) in [6, 6.07) is 6.91. The van der Waals surface area contributed by atoms with E-state index in [4.69, 9.17) is 27.9 Å². The van der Waals surface area contributed by atoms with Gasteiger partial charge in [0, 0.05) is 12.4 Å². The number of benzene rings is 1. The Bertz CT molecular complexity index is 345. The summed E-state index contributed by atoms with van der Waals surface area (Å²) in [4.78, 5) is 11.6. The van der Waals surface area contributed by atoms with Crippen LogP contribution >= 0.6 is 23.2 Å². The molecular weight excluding hydrogens is 249 g/mol. The molecule has 1 aromatic carbocycles. The van der Waals surface area contributed by atoms with Crippen LogP contribution in [-0.4, -0.2) is 31.5 Å². The normalized spacial score (nSPS) is 10.1. The Kier molecular flexibility index (Phi) is 6.23. The second-order valence-corrected chi connectivity index (χ2v) is 3.82. The number of hydrogen-bond acceptors (Lipinski definition) is 2. The van der Waals surface area contributed by atoms with Gasteiger partial charge in [-0.05, 0) is 12.1 Å². The molecule has 0 bridgehead atoms. The standard InChI is InChI=1S/C11H13Cl2NO2/c12-5-7-16-8-6-14-11(15)9-3-1-2-4-10(9)13/h1-4H,5-8H2,(H,14,15). The third-order valence-electron chi connectivity index (χ3n) is 1.87. The molecule has 3 nitrogen and oxygen atoms in total. The molecule has 0 aliphatic rings. The molecule has 0 fully saturated rings. The molecule has 0 aliphatic heterocycles. The summed E-state index contributed by atoms with van der Waals surface area (Å²) >= 11 is 11.3. The molecule has 0 aliphatic carbocycles. The minimum atomic E-state index is -0.194. The molecule has 0 saturated carbocycles. The summed E-state index contributed by atoms with van der Waals surface area (Å²) in [6.07, 6.45) is 0. The molecule has 0 aromatic heterocycles. The fourth-order valence-corrected chi connectivity index (χ4v) is 1.46. The maximum absolute atomic E-state index is 11.6. The minimum Gasteiger partial charge on any atom is -0.378 e. The van der Waals surface area contributed by atoms with Crippen LogP contribution in [0.1, 0.15) is 10.4 Å². The minimum absolute atomic E-state index is 0.194. The van der Waals surface area contributed by atoms with Gasteiger partial charge in [0.05, 0.1) is 23.8 Å². The van der Waals surface area contributed by atoms with Gasteiger partial charge in [0.1, 0.15) is 0 Å². The maximum atomic E-state index is 11.6. The van der Waals surface area contributed by atoms with E-state index in [1.54, 1.807) is 24.3 Å². The second kappa shape index (κ2) is 7.49. The zero-order chi connectivity index (χ0) is 11.8. The van der Waals surface area contributed by atoms with Crippen LogP contribution in [0.25, 0.3) is 0 Å². The Morgan fingerprint density at radius 3 is 2.75 bits per heavy atom. The quantitative estimate of drug-likeness (QED) is 0.631. The van der Waals surface area contributed by atoms with E-state index in [9.17, 15) is 4.79 Å². The number of alkyl halides is 1. The Morgan fingerprint density at radius 2 is 2.06 bits per heavy atom. The fourth-order valence-electron chi connectivity index (χ4n) is 1.13. The number of hydrogen-bond donors (Lipinski definition) is 1. The lowest BCUT2D eigenvalue weighted by molar-refractivity contribution is 0.0923. The average molecular weight is 262 g/mol. The number of nitrogens with one attached hydrogen (secondary N) is 1. The summed E-state index contributed by atoms with van der Waals surface area (Å²) < 4.78 is 5.12. The molecular formula is C11H13Cl2NO2. The van der Waals surface area contributed by atoms with Crippen molar-refractivity contribution >= 4 is 29.1 Å². The third kappa shape index (κ3) is 4.39. The molecule has 0 heterocycles. The average Bonchev–Trinajstić information content (AvgIpc) is 2.29. The number of rotatable bonds is 6. The van der Waals surface area contributed by atoms with Crippen LogP contribution in [0.2, 0.25) is 5.02 Å². The smallest absolute Gasteiger partial charge is 0.252 e. The first-order chi connectivity index (χ1) is 7.75. The largest absolute Gasteiger partial charge is 0.378 e. The highest BCUT2D eigenvalue weighted by atomic mass is 35.5. The molecule has 0 unspecified atom stereocenters. The highest BCUT2D eigenvalue weighted by molar-refractivity contribution is 6.33. The van der Waals surface area contributed by atoms with Crippen LogP contribution in [0.4, 0.5) is 0 Å². The van der Waals surface area contributed by atoms with Gasteiger partial charge in [0.25, 0.3) is 5.91 Å². The fraction of sp³-hybridized carbons (Fsp3) is 0.364. The lowest BCUT2D eigenvalue weighted by Crippen LogP contribution is -2.27. The molecule has 1 N–H and O–H groups in total. The van der Waals surface area contributed by atoms with Gasteiger partial charge in [-0.1, -0.05) is 23.7 Å². The third-order valence-corrected chi connectivity index (χ3v) is 2.36. The van der Waals surface area contributed by atoms with Crippen LogP contribution in [0.3, 0.4) is 0 Å². The van der Waals surface area contributed by atoms with Gasteiger partial charge in [0.15, 0.2) is 0 Å². The van der Waals surface area contributed by atoms with Gasteiger partial charge in [-0.25, -0.2) is 0 Å². The Labute approximate surface area is 105 Å². The van der Waals surface area contributed by atoms with E-state index in [0.717, 1.165) is 0 Å². The van der Waals surface area contributed by atoms with E-state index in [2.05, 4.69) is 5.32 Å². The van der Waals surface area contributed by atoms with Crippen molar-refractivity contribution in [1.82, 2.24) is 5.32 Å². The Balaban J connectivity index is 2.33. The van der Waals surface area contributed by atoms with Crippen LogP contribution in [0.5, 0.6) is 0 Å². The summed E-state index contributed by atoms with van der Waals surface area (Å²) in [7, 11) is 0. The van der Waals surface area contributed by atoms with E-state index in [0.29, 0.717) is 36.2 Å². The van der Waals surface area contributed by atoms with E-state index in [-0.39, 0.29) is 5.91 Å². The molecule has 5 heteroatoms. The van der Waals surface area contributed by atoms with Crippen LogP contribution < -0.4 is 5.32 Å². The number of halogens is 2. The topological polar surface area (TPSA) is 38.3 Å². The van der Waals surface area contributed by atoms with Crippen LogP contribution in [0.15, 0.2) is 24.3 Å². The Morgan fingerprint density at radius 1 is 1.31 bits per heavy atom.